The highest BCUT2D eigenvalue weighted by Crippen LogP contribution is 2.42. The van der Waals surface area contributed by atoms with E-state index in [0.717, 1.165) is 118 Å². The number of aromatic nitrogens is 3. The molecule has 488 valence electrons. The Kier molecular flexibility index (Phi) is 20.5. The van der Waals surface area contributed by atoms with Crippen LogP contribution in [0.1, 0.15) is 139 Å². The standard InChI is InChI=1S/C26H32N4OS.C24H26F2N4OS.C23H27N3O2S/c1-3-20-13-17(7-9-22(20)30-14-18-5-6-19(12-18)15-30)10-11-28-25(31)24-23(27)21-8-4-16(2)29-26(21)32-24;1-13-2-5-17-20(27)22(32-24(17)29-13)23(31)28-7-6-14-9-18(25)21(19(26)10-14)30-11-15-3-4-16(8-15)12-30;1-16-20-10-7-18(15-27)25-23(20)29-21(16)22(28)24-12-11-17-5-8-19(9-6-17)26-13-3-2-4-14-26/h4,7-9,13,18-19H,3,5-6,10-12,14-15,27H2,1-2H3,(H,28,31);2,5,9-10,15-16H,3-4,6-8,11-12,27H2,1H3,(H,28,31);5-10,27H,2-4,11-15H2,1H3,(H,24,28). The molecule has 2 aliphatic carbocycles. The van der Waals surface area contributed by atoms with Gasteiger partial charge in [-0.15, -0.1) is 34.0 Å². The number of anilines is 5. The van der Waals surface area contributed by atoms with Crippen LogP contribution in [-0.2, 0) is 32.3 Å². The van der Waals surface area contributed by atoms with Gasteiger partial charge in [-0.3, -0.25) is 14.4 Å². The number of thiophene rings is 3. The maximum atomic E-state index is 14.8. The van der Waals surface area contributed by atoms with E-state index >= 15 is 0 Å². The number of nitrogens with two attached hydrogens (primary N) is 2. The summed E-state index contributed by atoms with van der Waals surface area (Å²) in [6, 6.07) is 29.7. The molecule has 0 radical (unpaired) electrons. The molecule has 3 amide bonds. The molecule has 3 aliphatic heterocycles. The molecule has 2 saturated carbocycles. The van der Waals surface area contributed by atoms with Gasteiger partial charge in [0.1, 0.15) is 41.6 Å². The third-order valence-corrected chi connectivity index (χ3v) is 22.8. The summed E-state index contributed by atoms with van der Waals surface area (Å²) in [5, 5.41) is 20.8. The minimum atomic E-state index is -0.525. The van der Waals surface area contributed by atoms with Crippen LogP contribution in [0.5, 0.6) is 0 Å². The number of hydrogen-bond acceptors (Lipinski definition) is 15. The average Bonchev–Trinajstić information content (AvgIpc) is 1.79. The number of nitrogen functional groups attached to an aromatic ring is 2. The Morgan fingerprint density at radius 1 is 0.548 bits per heavy atom. The summed E-state index contributed by atoms with van der Waals surface area (Å²) in [4.78, 5) is 62.3. The molecule has 6 aromatic heterocycles. The number of hydrogen-bond donors (Lipinski definition) is 6. The van der Waals surface area contributed by atoms with Crippen LogP contribution in [-0.4, -0.2) is 96.7 Å². The number of benzene rings is 3. The molecule has 9 aromatic rings. The molecule has 8 N–H and O–H groups in total. The molecule has 15 nitrogen and oxygen atoms in total. The number of amides is 3. The Bertz CT molecular complexity index is 4140. The summed E-state index contributed by atoms with van der Waals surface area (Å²) in [7, 11) is 0. The maximum absolute atomic E-state index is 14.8. The molecule has 5 aliphatic rings. The third kappa shape index (κ3) is 15.1. The number of fused-ring (bicyclic) bond motifs is 7. The molecule has 20 heteroatoms. The van der Waals surface area contributed by atoms with Crippen molar-refractivity contribution >= 4 is 111 Å². The van der Waals surface area contributed by atoms with Gasteiger partial charge < -0.3 is 47.2 Å². The number of carbonyl (C=O) groups excluding carboxylic acids is 3. The molecule has 0 spiro atoms. The largest absolute Gasteiger partial charge is 0.397 e. The maximum Gasteiger partial charge on any atom is 0.263 e. The Hall–Kier alpha value is -7.78. The number of halogens is 2. The lowest BCUT2D eigenvalue weighted by Gasteiger charge is -2.35. The number of nitrogens with zero attached hydrogens (tertiary/aromatic N) is 6. The molecule has 4 unspecified atom stereocenters. The minimum Gasteiger partial charge on any atom is -0.397 e. The van der Waals surface area contributed by atoms with Gasteiger partial charge in [0.2, 0.25) is 0 Å². The Morgan fingerprint density at radius 3 is 1.56 bits per heavy atom. The van der Waals surface area contributed by atoms with Gasteiger partial charge in [-0.05, 0) is 222 Å². The van der Waals surface area contributed by atoms with Crippen molar-refractivity contribution in [1.29, 1.82) is 0 Å². The number of aliphatic hydroxyl groups is 1. The van der Waals surface area contributed by atoms with Gasteiger partial charge in [-0.25, -0.2) is 23.7 Å². The van der Waals surface area contributed by atoms with Crippen LogP contribution in [0.3, 0.4) is 0 Å². The monoisotopic (exact) mass is 1310 g/mol. The molecule has 9 heterocycles. The lowest BCUT2D eigenvalue weighted by Crippen LogP contribution is -2.37. The van der Waals surface area contributed by atoms with Crippen molar-refractivity contribution in [2.45, 2.75) is 118 Å². The molecule has 3 saturated heterocycles. The first kappa shape index (κ1) is 65.3. The number of rotatable bonds is 17. The van der Waals surface area contributed by atoms with E-state index in [1.165, 1.54) is 132 Å². The van der Waals surface area contributed by atoms with E-state index in [1.54, 1.807) is 6.07 Å². The Morgan fingerprint density at radius 2 is 1.02 bits per heavy atom. The first-order valence-corrected chi connectivity index (χ1v) is 35.6. The van der Waals surface area contributed by atoms with Crippen LogP contribution in [0.4, 0.5) is 37.2 Å². The molecule has 14 rings (SSSR count). The van der Waals surface area contributed by atoms with Crippen molar-refractivity contribution in [2.24, 2.45) is 23.7 Å². The molecule has 3 aromatic carbocycles. The molecule has 5 fully saturated rings. The van der Waals surface area contributed by atoms with E-state index < -0.39 is 11.6 Å². The van der Waals surface area contributed by atoms with Crippen molar-refractivity contribution in [3.05, 3.63) is 162 Å². The van der Waals surface area contributed by atoms with Gasteiger partial charge in [0.15, 0.2) is 0 Å². The number of piperidine rings is 3. The van der Waals surface area contributed by atoms with Gasteiger partial charge in [0, 0.05) is 97.8 Å². The fourth-order valence-corrected chi connectivity index (χ4v) is 17.7. The molecule has 4 atom stereocenters. The molecular weight excluding hydrogens is 1230 g/mol. The fraction of sp³-hybridized carbons (Fsp3) is 0.425. The predicted molar refractivity (Wildman–Crippen MR) is 377 cm³/mol. The summed E-state index contributed by atoms with van der Waals surface area (Å²) in [5.74, 6) is 1.34. The quantitative estimate of drug-likeness (QED) is 0.0503. The number of nitrogens with one attached hydrogen (secondary N) is 3. The molecular formula is C73H85F2N11O4S3. The van der Waals surface area contributed by atoms with Gasteiger partial charge in [0.05, 0.1) is 28.6 Å². The number of aliphatic hydroxyl groups excluding tert-OH is 1. The second-order valence-electron chi connectivity index (χ2n) is 26.0. The summed E-state index contributed by atoms with van der Waals surface area (Å²) < 4.78 is 29.7. The van der Waals surface area contributed by atoms with Crippen LogP contribution in [0, 0.1) is 56.1 Å². The summed E-state index contributed by atoms with van der Waals surface area (Å²) in [6.07, 6.45) is 14.6. The van der Waals surface area contributed by atoms with Crippen molar-refractivity contribution in [1.82, 2.24) is 30.9 Å². The SMILES string of the molecule is CCc1cc(CCNC(=O)c2sc3nc(C)ccc3c2N)ccc1N1CC2CCC(C2)C1.Cc1c(C(=O)NCCc2ccc(N3CCCCC3)cc2)sc2nc(CO)ccc12.Cc1ccc2c(N)c(C(=O)NCCc3cc(F)c(N4CC5CCC(C5)C4)c(F)c3)sc2n1. The van der Waals surface area contributed by atoms with Gasteiger partial charge in [-0.1, -0.05) is 31.2 Å². The zero-order valence-corrected chi connectivity index (χ0v) is 56.2. The minimum absolute atomic E-state index is 0.0546. The third-order valence-electron chi connectivity index (χ3n) is 19.3. The van der Waals surface area contributed by atoms with Crippen molar-refractivity contribution < 1.29 is 28.3 Å². The van der Waals surface area contributed by atoms with E-state index in [-0.39, 0.29) is 36.6 Å². The molecule has 4 bridgehead atoms. The van der Waals surface area contributed by atoms with Crippen LogP contribution in [0.15, 0.2) is 91.0 Å². The summed E-state index contributed by atoms with van der Waals surface area (Å²) in [6.45, 7) is 15.6. The Balaban J connectivity index is 0.000000134. The van der Waals surface area contributed by atoms with Crippen molar-refractivity contribution in [2.75, 3.05) is 85.1 Å². The van der Waals surface area contributed by atoms with Crippen LogP contribution < -0.4 is 42.1 Å². The normalized spacial score (nSPS) is 18.3. The first-order valence-electron chi connectivity index (χ1n) is 33.1. The van der Waals surface area contributed by atoms with Crippen molar-refractivity contribution in [3.63, 3.8) is 0 Å². The second kappa shape index (κ2) is 29.2. The number of aryl methyl sites for hydroxylation is 4. The van der Waals surface area contributed by atoms with E-state index in [4.69, 9.17) is 11.5 Å². The predicted octanol–water partition coefficient (Wildman–Crippen LogP) is 13.7. The van der Waals surface area contributed by atoms with Crippen molar-refractivity contribution in [3.8, 4) is 0 Å². The number of carbonyl (C=O) groups is 3. The van der Waals surface area contributed by atoms with Crippen LogP contribution >= 0.6 is 34.0 Å². The van der Waals surface area contributed by atoms with E-state index in [9.17, 15) is 28.3 Å². The van der Waals surface area contributed by atoms with Gasteiger partial charge >= 0.3 is 0 Å². The highest BCUT2D eigenvalue weighted by atomic mass is 32.1. The topological polar surface area (TPSA) is 208 Å². The van der Waals surface area contributed by atoms with Gasteiger partial charge in [-0.2, -0.15) is 0 Å². The van der Waals surface area contributed by atoms with Crippen LogP contribution in [0.25, 0.3) is 30.6 Å². The second-order valence-corrected chi connectivity index (χ2v) is 29.0. The fourth-order valence-electron chi connectivity index (χ4n) is 14.4. The average molecular weight is 1310 g/mol. The molecule has 93 heavy (non-hydrogen) atoms. The zero-order valence-electron chi connectivity index (χ0n) is 53.7. The first-order chi connectivity index (χ1) is 45.0. The highest BCUT2D eigenvalue weighted by molar-refractivity contribution is 7.21. The summed E-state index contributed by atoms with van der Waals surface area (Å²) in [5.41, 5.74) is 23.9. The Labute approximate surface area is 555 Å². The highest BCUT2D eigenvalue weighted by Gasteiger charge is 2.36. The number of pyridine rings is 3. The van der Waals surface area contributed by atoms with Gasteiger partial charge in [0.25, 0.3) is 17.7 Å². The van der Waals surface area contributed by atoms with E-state index in [1.807, 2.05) is 56.0 Å². The van der Waals surface area contributed by atoms with E-state index in [0.29, 0.717) is 68.6 Å². The van der Waals surface area contributed by atoms with E-state index in [2.05, 4.69) is 90.1 Å². The smallest absolute Gasteiger partial charge is 0.263 e. The summed E-state index contributed by atoms with van der Waals surface area (Å²) >= 11 is 4.00. The zero-order chi connectivity index (χ0) is 64.9. The van der Waals surface area contributed by atoms with Crippen LogP contribution in [0.2, 0.25) is 0 Å². The lowest BCUT2D eigenvalue weighted by atomic mass is 9.96. The lowest BCUT2D eigenvalue weighted by molar-refractivity contribution is 0.0949.